The lowest BCUT2D eigenvalue weighted by Crippen LogP contribution is -2.30. The quantitative estimate of drug-likeness (QED) is 0.395. The van der Waals surface area contributed by atoms with Crippen LogP contribution < -0.4 is 10.9 Å². The highest BCUT2D eigenvalue weighted by molar-refractivity contribution is 6.41. The van der Waals surface area contributed by atoms with Gasteiger partial charge >= 0.3 is 5.97 Å². The van der Waals surface area contributed by atoms with Gasteiger partial charge in [-0.2, -0.15) is 0 Å². The van der Waals surface area contributed by atoms with Gasteiger partial charge in [-0.3, -0.25) is 25.8 Å². The summed E-state index contributed by atoms with van der Waals surface area (Å²) in [5.41, 5.74) is 4.31. The first kappa shape index (κ1) is 20.8. The predicted molar refractivity (Wildman–Crippen MR) is 102 cm³/mol. The highest BCUT2D eigenvalue weighted by atomic mass is 35.5. The van der Waals surface area contributed by atoms with Gasteiger partial charge in [-0.15, -0.1) is 0 Å². The lowest BCUT2D eigenvalue weighted by molar-refractivity contribution is -0.384. The molecule has 8 nitrogen and oxygen atoms in total. The van der Waals surface area contributed by atoms with Gasteiger partial charge in [0.2, 0.25) is 0 Å². The van der Waals surface area contributed by atoms with Crippen LogP contribution in [-0.2, 0) is 4.74 Å². The number of nitro groups is 1. The van der Waals surface area contributed by atoms with Crippen molar-refractivity contribution >= 4 is 58.1 Å². The van der Waals surface area contributed by atoms with Crippen LogP contribution in [0.15, 0.2) is 30.3 Å². The summed E-state index contributed by atoms with van der Waals surface area (Å²) >= 11 is 17.8. The van der Waals surface area contributed by atoms with Crippen LogP contribution in [0.25, 0.3) is 0 Å². The molecule has 2 aromatic carbocycles. The fourth-order valence-electron chi connectivity index (χ4n) is 2.03. The number of esters is 1. The molecule has 0 unspecified atom stereocenters. The molecule has 27 heavy (non-hydrogen) atoms. The van der Waals surface area contributed by atoms with Crippen LogP contribution in [0.4, 0.5) is 11.4 Å². The molecule has 0 atom stereocenters. The van der Waals surface area contributed by atoms with E-state index in [1.54, 1.807) is 6.92 Å². The van der Waals surface area contributed by atoms with E-state index in [1.165, 1.54) is 18.2 Å². The van der Waals surface area contributed by atoms with Crippen LogP contribution in [0.3, 0.4) is 0 Å². The Morgan fingerprint density at radius 3 is 2.22 bits per heavy atom. The number of anilines is 1. The van der Waals surface area contributed by atoms with E-state index in [0.29, 0.717) is 5.02 Å². The topological polar surface area (TPSA) is 111 Å². The molecule has 0 radical (unpaired) electrons. The number of benzene rings is 2. The Kier molecular flexibility index (Phi) is 6.84. The molecule has 2 N–H and O–H groups in total. The number of rotatable bonds is 6. The van der Waals surface area contributed by atoms with Crippen molar-refractivity contribution in [3.8, 4) is 0 Å². The van der Waals surface area contributed by atoms with E-state index in [2.05, 4.69) is 10.9 Å². The lowest BCUT2D eigenvalue weighted by atomic mass is 10.1. The molecular formula is C16H12Cl3N3O5. The normalized spacial score (nSPS) is 10.2. The van der Waals surface area contributed by atoms with E-state index in [4.69, 9.17) is 39.5 Å². The number of nitrogens with one attached hydrogen (secondary N) is 2. The fourth-order valence-corrected chi connectivity index (χ4v) is 2.94. The van der Waals surface area contributed by atoms with Crippen LogP contribution in [0.1, 0.15) is 27.6 Å². The predicted octanol–water partition coefficient (Wildman–Crippen LogP) is 4.49. The average Bonchev–Trinajstić information content (AvgIpc) is 2.60. The minimum atomic E-state index is -0.785. The fraction of sp³-hybridized carbons (Fsp3) is 0.125. The van der Waals surface area contributed by atoms with Crippen molar-refractivity contribution in [3.05, 3.63) is 66.6 Å². The number of amides is 1. The lowest BCUT2D eigenvalue weighted by Gasteiger charge is -2.12. The van der Waals surface area contributed by atoms with Crippen LogP contribution >= 0.6 is 34.8 Å². The Labute approximate surface area is 168 Å². The first-order valence-electron chi connectivity index (χ1n) is 7.40. The number of ether oxygens (including phenoxy) is 1. The minimum absolute atomic E-state index is 0.0815. The maximum Gasteiger partial charge on any atom is 0.338 e. The second kappa shape index (κ2) is 8.90. The van der Waals surface area contributed by atoms with Gasteiger partial charge < -0.3 is 4.74 Å². The molecule has 11 heteroatoms. The van der Waals surface area contributed by atoms with E-state index in [9.17, 15) is 19.7 Å². The third kappa shape index (κ3) is 5.22. The third-order valence-electron chi connectivity index (χ3n) is 3.21. The van der Waals surface area contributed by atoms with E-state index in [0.717, 1.165) is 12.1 Å². The molecule has 0 saturated carbocycles. The molecule has 0 aliphatic rings. The second-order valence-corrected chi connectivity index (χ2v) is 6.32. The molecule has 0 aromatic heterocycles. The standard InChI is InChI=1S/C16H12Cl3N3O5/c1-2-27-16(24)9-3-8(4-11(5-9)22(25)26)15(23)21-20-14-12(18)6-10(17)7-13(14)19/h3-7,20H,2H2,1H3,(H,21,23). The largest absolute Gasteiger partial charge is 0.462 e. The zero-order valence-corrected chi connectivity index (χ0v) is 16.0. The molecule has 1 amide bonds. The third-order valence-corrected chi connectivity index (χ3v) is 4.02. The molecule has 0 bridgehead atoms. The molecule has 0 fully saturated rings. The highest BCUT2D eigenvalue weighted by Gasteiger charge is 2.19. The smallest absolute Gasteiger partial charge is 0.338 e. The van der Waals surface area contributed by atoms with Crippen molar-refractivity contribution in [2.45, 2.75) is 6.92 Å². The van der Waals surface area contributed by atoms with Gasteiger partial charge in [-0.25, -0.2) is 4.79 Å². The van der Waals surface area contributed by atoms with Crippen LogP contribution in [-0.4, -0.2) is 23.4 Å². The number of nitro benzene ring substituents is 1. The maximum absolute atomic E-state index is 12.4. The SMILES string of the molecule is CCOC(=O)c1cc(C(=O)NNc2c(Cl)cc(Cl)cc2Cl)cc([N+](=O)[O-])c1. The number of non-ortho nitro benzene ring substituents is 1. The Morgan fingerprint density at radius 1 is 1.07 bits per heavy atom. The molecule has 0 spiro atoms. The zero-order chi connectivity index (χ0) is 20.1. The van der Waals surface area contributed by atoms with Gasteiger partial charge in [-0.1, -0.05) is 34.8 Å². The first-order chi connectivity index (χ1) is 12.7. The molecule has 0 aliphatic carbocycles. The second-order valence-electron chi connectivity index (χ2n) is 5.07. The van der Waals surface area contributed by atoms with Crippen molar-refractivity contribution in [2.24, 2.45) is 0 Å². The van der Waals surface area contributed by atoms with Gasteiger partial charge in [0.15, 0.2) is 0 Å². The van der Waals surface area contributed by atoms with Gasteiger partial charge in [0.1, 0.15) is 0 Å². The Bertz CT molecular complexity index is 897. The molecule has 0 saturated heterocycles. The molecule has 2 aromatic rings. The first-order valence-corrected chi connectivity index (χ1v) is 8.53. The van der Waals surface area contributed by atoms with Gasteiger partial charge in [0.25, 0.3) is 11.6 Å². The van der Waals surface area contributed by atoms with E-state index < -0.39 is 22.5 Å². The molecular weight excluding hydrogens is 421 g/mol. The van der Waals surface area contributed by atoms with Crippen molar-refractivity contribution in [1.29, 1.82) is 0 Å². The summed E-state index contributed by atoms with van der Waals surface area (Å²) in [6.07, 6.45) is 0. The zero-order valence-electron chi connectivity index (χ0n) is 13.7. The van der Waals surface area contributed by atoms with Gasteiger partial charge in [-0.05, 0) is 25.1 Å². The molecule has 0 aliphatic heterocycles. The summed E-state index contributed by atoms with van der Waals surface area (Å²) in [5.74, 6) is -1.54. The summed E-state index contributed by atoms with van der Waals surface area (Å²) in [7, 11) is 0. The number of halogens is 3. The van der Waals surface area contributed by atoms with E-state index in [-0.39, 0.29) is 33.5 Å². The van der Waals surface area contributed by atoms with Crippen molar-refractivity contribution in [2.75, 3.05) is 12.0 Å². The minimum Gasteiger partial charge on any atom is -0.462 e. The van der Waals surface area contributed by atoms with Crippen molar-refractivity contribution < 1.29 is 19.2 Å². The average molecular weight is 433 g/mol. The number of carbonyl (C=O) groups excluding carboxylic acids is 2. The number of carbonyl (C=O) groups is 2. The summed E-state index contributed by atoms with van der Waals surface area (Å²) in [6, 6.07) is 6.04. The summed E-state index contributed by atoms with van der Waals surface area (Å²) in [5, 5.41) is 11.7. The van der Waals surface area contributed by atoms with E-state index in [1.807, 2.05) is 0 Å². The number of hydrazine groups is 1. The van der Waals surface area contributed by atoms with Crippen LogP contribution in [0.2, 0.25) is 15.1 Å². The summed E-state index contributed by atoms with van der Waals surface area (Å²) in [6.45, 7) is 1.67. The Morgan fingerprint density at radius 2 is 1.67 bits per heavy atom. The Hall–Kier alpha value is -2.55. The highest BCUT2D eigenvalue weighted by Crippen LogP contribution is 2.33. The maximum atomic E-state index is 12.4. The van der Waals surface area contributed by atoms with Gasteiger partial charge in [0, 0.05) is 22.7 Å². The summed E-state index contributed by atoms with van der Waals surface area (Å²) in [4.78, 5) is 34.6. The van der Waals surface area contributed by atoms with Gasteiger partial charge in [0.05, 0.1) is 32.8 Å². The number of hydrogen-bond acceptors (Lipinski definition) is 6. The van der Waals surface area contributed by atoms with Crippen LogP contribution in [0.5, 0.6) is 0 Å². The summed E-state index contributed by atoms with van der Waals surface area (Å²) < 4.78 is 4.81. The number of hydrogen-bond donors (Lipinski definition) is 2. The molecule has 2 rings (SSSR count). The van der Waals surface area contributed by atoms with E-state index >= 15 is 0 Å². The van der Waals surface area contributed by atoms with Crippen LogP contribution in [0, 0.1) is 10.1 Å². The van der Waals surface area contributed by atoms with Crippen molar-refractivity contribution in [3.63, 3.8) is 0 Å². The van der Waals surface area contributed by atoms with Crippen molar-refractivity contribution in [1.82, 2.24) is 5.43 Å². The monoisotopic (exact) mass is 431 g/mol. The molecule has 142 valence electrons. The molecule has 0 heterocycles. The number of nitrogens with zero attached hydrogens (tertiary/aromatic N) is 1. The Balaban J connectivity index is 2.27.